The zero-order chi connectivity index (χ0) is 13.9. The first-order chi connectivity index (χ1) is 9.09. The fraction of sp³-hybridized carbons (Fsp3) is 0.750. The summed E-state index contributed by atoms with van der Waals surface area (Å²) in [6, 6.07) is 0. The smallest absolute Gasteiger partial charge is 0.360 e. The number of aliphatic hydroxyl groups is 1. The van der Waals surface area contributed by atoms with E-state index in [1.165, 1.54) is 7.11 Å². The normalized spacial score (nSPS) is 17.6. The predicted molar refractivity (Wildman–Crippen MR) is 67.5 cm³/mol. The Balaban J connectivity index is 2.24. The van der Waals surface area contributed by atoms with Gasteiger partial charge in [0, 0.05) is 6.42 Å². The van der Waals surface area contributed by atoms with E-state index in [0.29, 0.717) is 25.2 Å². The molecule has 19 heavy (non-hydrogen) atoms. The highest BCUT2D eigenvalue weighted by molar-refractivity contribution is 5.88. The van der Waals surface area contributed by atoms with E-state index in [1.54, 1.807) is 4.68 Å². The maximum absolute atomic E-state index is 11.6. The monoisotopic (exact) mass is 268 g/mol. The van der Waals surface area contributed by atoms with Crippen molar-refractivity contribution >= 4 is 5.97 Å². The molecule has 0 radical (unpaired) electrons. The summed E-state index contributed by atoms with van der Waals surface area (Å²) in [6.07, 6.45) is 4.01. The van der Waals surface area contributed by atoms with Crippen molar-refractivity contribution in [3.63, 3.8) is 0 Å². The Morgan fingerprint density at radius 3 is 2.79 bits per heavy atom. The average molecular weight is 268 g/mol. The topological polar surface area (TPSA) is 103 Å². The Morgan fingerprint density at radius 1 is 1.53 bits per heavy atom. The molecule has 1 aliphatic rings. The average Bonchev–Trinajstić information content (AvgIpc) is 2.98. The maximum Gasteiger partial charge on any atom is 0.360 e. The van der Waals surface area contributed by atoms with Crippen molar-refractivity contribution in [2.45, 2.75) is 44.2 Å². The number of nitrogens with two attached hydrogens (primary N) is 1. The van der Waals surface area contributed by atoms with Crippen molar-refractivity contribution in [3.05, 3.63) is 11.4 Å². The molecule has 7 nitrogen and oxygen atoms in total. The lowest BCUT2D eigenvalue weighted by Gasteiger charge is -2.22. The van der Waals surface area contributed by atoms with Gasteiger partial charge >= 0.3 is 5.97 Å². The second kappa shape index (κ2) is 5.66. The van der Waals surface area contributed by atoms with Gasteiger partial charge in [-0.25, -0.2) is 9.48 Å². The number of ether oxygens (including phenoxy) is 1. The van der Waals surface area contributed by atoms with E-state index in [2.05, 4.69) is 15.0 Å². The Bertz CT molecular complexity index is 452. The van der Waals surface area contributed by atoms with Crippen LogP contribution in [0.5, 0.6) is 0 Å². The summed E-state index contributed by atoms with van der Waals surface area (Å²) in [5.41, 5.74) is 5.63. The first-order valence-electron chi connectivity index (χ1n) is 6.53. The molecule has 0 spiro atoms. The number of carbonyl (C=O) groups excluding carboxylic acids is 1. The van der Waals surface area contributed by atoms with Gasteiger partial charge in [-0.15, -0.1) is 5.10 Å². The molecule has 0 aromatic carbocycles. The van der Waals surface area contributed by atoms with Crippen molar-refractivity contribution in [3.8, 4) is 0 Å². The van der Waals surface area contributed by atoms with Gasteiger partial charge in [0.2, 0.25) is 0 Å². The summed E-state index contributed by atoms with van der Waals surface area (Å²) >= 11 is 0. The van der Waals surface area contributed by atoms with Crippen LogP contribution in [0.15, 0.2) is 0 Å². The number of methoxy groups -OCH3 is 1. The van der Waals surface area contributed by atoms with E-state index in [-0.39, 0.29) is 5.69 Å². The van der Waals surface area contributed by atoms with Crippen LogP contribution in [0, 0.1) is 0 Å². The van der Waals surface area contributed by atoms with E-state index in [4.69, 9.17) is 5.73 Å². The molecule has 1 aromatic rings. The number of rotatable bonds is 5. The minimum Gasteiger partial charge on any atom is -0.464 e. The van der Waals surface area contributed by atoms with E-state index in [9.17, 15) is 9.90 Å². The molecular weight excluding hydrogens is 248 g/mol. The van der Waals surface area contributed by atoms with Crippen LogP contribution in [0.25, 0.3) is 0 Å². The van der Waals surface area contributed by atoms with E-state index < -0.39 is 11.6 Å². The zero-order valence-electron chi connectivity index (χ0n) is 11.1. The van der Waals surface area contributed by atoms with Crippen molar-refractivity contribution in [2.24, 2.45) is 5.73 Å². The molecule has 0 saturated heterocycles. The van der Waals surface area contributed by atoms with E-state index in [1.807, 2.05) is 0 Å². The zero-order valence-corrected chi connectivity index (χ0v) is 11.1. The first kappa shape index (κ1) is 14.0. The SMILES string of the molecule is COC(=O)c1nnn(CC2(O)CCCC2)c1CCN. The third kappa shape index (κ3) is 2.93. The molecule has 0 amide bonds. The Kier molecular flexibility index (Phi) is 4.16. The summed E-state index contributed by atoms with van der Waals surface area (Å²) in [7, 11) is 1.30. The van der Waals surface area contributed by atoms with Crippen LogP contribution < -0.4 is 5.73 Å². The minimum absolute atomic E-state index is 0.189. The van der Waals surface area contributed by atoms with Gasteiger partial charge in [-0.1, -0.05) is 18.1 Å². The molecular formula is C12H20N4O3. The van der Waals surface area contributed by atoms with Gasteiger partial charge in [-0.05, 0) is 19.4 Å². The summed E-state index contributed by atoms with van der Waals surface area (Å²) in [4.78, 5) is 11.6. The third-order valence-corrected chi connectivity index (χ3v) is 3.58. The van der Waals surface area contributed by atoms with E-state index in [0.717, 1.165) is 25.7 Å². The first-order valence-corrected chi connectivity index (χ1v) is 6.53. The van der Waals surface area contributed by atoms with Gasteiger partial charge in [0.25, 0.3) is 0 Å². The van der Waals surface area contributed by atoms with Crippen LogP contribution in [-0.2, 0) is 17.7 Å². The molecule has 0 unspecified atom stereocenters. The highest BCUT2D eigenvalue weighted by Gasteiger charge is 2.33. The molecule has 1 aliphatic carbocycles. The predicted octanol–water partition coefficient (Wildman–Crippen LogP) is -0.129. The summed E-state index contributed by atoms with van der Waals surface area (Å²) in [5.74, 6) is -0.520. The number of esters is 1. The van der Waals surface area contributed by atoms with E-state index >= 15 is 0 Å². The molecule has 106 valence electrons. The Morgan fingerprint density at radius 2 is 2.21 bits per heavy atom. The largest absolute Gasteiger partial charge is 0.464 e. The molecule has 0 aliphatic heterocycles. The second-order valence-electron chi connectivity index (χ2n) is 5.00. The summed E-state index contributed by atoms with van der Waals surface area (Å²) in [6.45, 7) is 0.738. The number of hydrogen-bond acceptors (Lipinski definition) is 6. The second-order valence-corrected chi connectivity index (χ2v) is 5.00. The number of carbonyl (C=O) groups is 1. The Labute approximate surface area is 111 Å². The van der Waals surface area contributed by atoms with Gasteiger partial charge in [0.15, 0.2) is 5.69 Å². The molecule has 1 saturated carbocycles. The lowest BCUT2D eigenvalue weighted by Crippen LogP contribution is -2.32. The van der Waals surface area contributed by atoms with Crippen LogP contribution in [-0.4, -0.2) is 45.3 Å². The van der Waals surface area contributed by atoms with Crippen LogP contribution in [0.2, 0.25) is 0 Å². The van der Waals surface area contributed by atoms with Crippen LogP contribution in [0.1, 0.15) is 41.9 Å². The molecule has 3 N–H and O–H groups in total. The molecule has 1 aromatic heterocycles. The standard InChI is InChI=1S/C12H20N4O3/c1-19-11(17)10-9(4-7-13)16(15-14-10)8-12(18)5-2-3-6-12/h18H,2-8,13H2,1H3. The van der Waals surface area contributed by atoms with Crippen molar-refractivity contribution in [2.75, 3.05) is 13.7 Å². The molecule has 2 rings (SSSR count). The van der Waals surface area contributed by atoms with Gasteiger partial charge in [-0.2, -0.15) is 0 Å². The fourth-order valence-electron chi connectivity index (χ4n) is 2.57. The number of nitrogens with zero attached hydrogens (tertiary/aromatic N) is 3. The quantitative estimate of drug-likeness (QED) is 0.721. The lowest BCUT2D eigenvalue weighted by atomic mass is 10.0. The van der Waals surface area contributed by atoms with Gasteiger partial charge in [0.1, 0.15) is 0 Å². The lowest BCUT2D eigenvalue weighted by molar-refractivity contribution is 0.0251. The van der Waals surface area contributed by atoms with Crippen LogP contribution >= 0.6 is 0 Å². The van der Waals surface area contributed by atoms with Crippen molar-refractivity contribution in [1.82, 2.24) is 15.0 Å². The summed E-state index contributed by atoms with van der Waals surface area (Å²) < 4.78 is 6.26. The fourth-order valence-corrected chi connectivity index (χ4v) is 2.57. The number of hydrogen-bond donors (Lipinski definition) is 2. The van der Waals surface area contributed by atoms with Crippen molar-refractivity contribution < 1.29 is 14.6 Å². The molecule has 1 fully saturated rings. The molecule has 1 heterocycles. The van der Waals surface area contributed by atoms with Crippen molar-refractivity contribution in [1.29, 1.82) is 0 Å². The molecule has 0 atom stereocenters. The molecule has 0 bridgehead atoms. The molecule has 7 heteroatoms. The number of aromatic nitrogens is 3. The highest BCUT2D eigenvalue weighted by Crippen LogP contribution is 2.31. The minimum atomic E-state index is -0.746. The van der Waals surface area contributed by atoms with Crippen LogP contribution in [0.4, 0.5) is 0 Å². The van der Waals surface area contributed by atoms with Crippen LogP contribution in [0.3, 0.4) is 0 Å². The van der Waals surface area contributed by atoms with Gasteiger partial charge in [-0.3, -0.25) is 0 Å². The van der Waals surface area contributed by atoms with Gasteiger partial charge < -0.3 is 15.6 Å². The Hall–Kier alpha value is -1.47. The van der Waals surface area contributed by atoms with Gasteiger partial charge in [0.05, 0.1) is 24.9 Å². The highest BCUT2D eigenvalue weighted by atomic mass is 16.5. The summed E-state index contributed by atoms with van der Waals surface area (Å²) in [5, 5.41) is 18.2. The third-order valence-electron chi connectivity index (χ3n) is 3.58. The maximum atomic E-state index is 11.6.